The van der Waals surface area contributed by atoms with Crippen LogP contribution < -0.4 is 5.32 Å². The Labute approximate surface area is 126 Å². The highest BCUT2D eigenvalue weighted by molar-refractivity contribution is 5.68. The first-order valence-electron chi connectivity index (χ1n) is 7.41. The number of carbonyl (C=O) groups is 1. The molecule has 0 saturated carbocycles. The molecule has 0 aliphatic carbocycles. The van der Waals surface area contributed by atoms with Crippen LogP contribution >= 0.6 is 0 Å². The van der Waals surface area contributed by atoms with Gasteiger partial charge in [0.1, 0.15) is 5.60 Å². The Bertz CT molecular complexity index is 523. The van der Waals surface area contributed by atoms with E-state index >= 15 is 0 Å². The monoisotopic (exact) mass is 291 g/mol. The molecule has 2 heterocycles. The van der Waals surface area contributed by atoms with E-state index in [0.717, 1.165) is 23.4 Å². The Morgan fingerprint density at radius 1 is 1.43 bits per heavy atom. The molecule has 0 spiro atoms. The van der Waals surface area contributed by atoms with Crippen molar-refractivity contribution in [2.75, 3.05) is 19.6 Å². The molecule has 1 fully saturated rings. The smallest absolute Gasteiger partial charge is 0.410 e. The fraction of sp³-hybridized carbons (Fsp3) is 0.625. The Balaban J connectivity index is 2.08. The van der Waals surface area contributed by atoms with Crippen LogP contribution in [0.4, 0.5) is 4.79 Å². The fourth-order valence-corrected chi connectivity index (χ4v) is 2.52. The van der Waals surface area contributed by atoms with Crippen LogP contribution in [0.2, 0.25) is 0 Å². The third-order valence-corrected chi connectivity index (χ3v) is 3.41. The average molecular weight is 291 g/mol. The van der Waals surface area contributed by atoms with E-state index in [1.54, 1.807) is 4.90 Å². The second-order valence-electron chi connectivity index (χ2n) is 6.65. The highest BCUT2D eigenvalue weighted by atomic mass is 16.6. The second-order valence-corrected chi connectivity index (χ2v) is 6.65. The summed E-state index contributed by atoms with van der Waals surface area (Å²) in [6.07, 6.45) is 1.62. The number of hydrogen-bond acceptors (Lipinski definition) is 4. The molecule has 1 N–H and O–H groups in total. The zero-order valence-corrected chi connectivity index (χ0v) is 13.6. The number of ether oxygens (including phenoxy) is 1. The van der Waals surface area contributed by atoms with Gasteiger partial charge in [0.05, 0.1) is 11.7 Å². The largest absolute Gasteiger partial charge is 0.444 e. The minimum Gasteiger partial charge on any atom is -0.444 e. The van der Waals surface area contributed by atoms with Crippen LogP contribution in [0.25, 0.3) is 0 Å². The van der Waals surface area contributed by atoms with Gasteiger partial charge in [-0.3, -0.25) is 4.98 Å². The number of nitrogens with zero attached hydrogens (tertiary/aromatic N) is 2. The predicted molar refractivity (Wildman–Crippen MR) is 82.3 cm³/mol. The zero-order chi connectivity index (χ0) is 15.6. The summed E-state index contributed by atoms with van der Waals surface area (Å²) in [4.78, 5) is 18.5. The van der Waals surface area contributed by atoms with E-state index in [2.05, 4.69) is 23.3 Å². The van der Waals surface area contributed by atoms with Crippen molar-refractivity contribution < 1.29 is 9.53 Å². The van der Waals surface area contributed by atoms with Gasteiger partial charge in [0.15, 0.2) is 0 Å². The quantitative estimate of drug-likeness (QED) is 0.864. The van der Waals surface area contributed by atoms with Crippen molar-refractivity contribution in [1.82, 2.24) is 15.2 Å². The lowest BCUT2D eigenvalue weighted by molar-refractivity contribution is 0.0193. The molecule has 2 rings (SSSR count). The Kier molecular flexibility index (Phi) is 4.52. The molecule has 0 radical (unpaired) electrons. The highest BCUT2D eigenvalue weighted by Gasteiger charge is 2.29. The lowest BCUT2D eigenvalue weighted by Gasteiger charge is -2.35. The lowest BCUT2D eigenvalue weighted by atomic mass is 10.0. The number of rotatable bonds is 1. The van der Waals surface area contributed by atoms with Crippen LogP contribution in [-0.4, -0.2) is 41.2 Å². The summed E-state index contributed by atoms with van der Waals surface area (Å²) < 4.78 is 5.45. The van der Waals surface area contributed by atoms with E-state index in [1.807, 2.05) is 33.9 Å². The standard InChI is InChI=1S/C16H25N3O2/c1-11-8-12(2)14(18-9-11)13-10-19(7-6-17-13)15(20)21-16(3,4)5/h8-9,13,17H,6-7,10H2,1-5H3. The van der Waals surface area contributed by atoms with Crippen molar-refractivity contribution in [3.63, 3.8) is 0 Å². The number of carbonyl (C=O) groups excluding carboxylic acids is 1. The van der Waals surface area contributed by atoms with Crippen LogP contribution in [0.15, 0.2) is 12.3 Å². The molecule has 21 heavy (non-hydrogen) atoms. The maximum atomic E-state index is 12.2. The summed E-state index contributed by atoms with van der Waals surface area (Å²) >= 11 is 0. The van der Waals surface area contributed by atoms with Gasteiger partial charge in [-0.05, 0) is 45.7 Å². The van der Waals surface area contributed by atoms with Gasteiger partial charge in [-0.1, -0.05) is 6.07 Å². The Morgan fingerprint density at radius 2 is 2.14 bits per heavy atom. The number of aromatic nitrogens is 1. The number of nitrogens with one attached hydrogen (secondary N) is 1. The molecule has 1 saturated heterocycles. The summed E-state index contributed by atoms with van der Waals surface area (Å²) in [6, 6.07) is 2.18. The first kappa shape index (κ1) is 15.8. The first-order chi connectivity index (χ1) is 9.76. The molecular weight excluding hydrogens is 266 g/mol. The van der Waals surface area contributed by atoms with E-state index in [-0.39, 0.29) is 12.1 Å². The van der Waals surface area contributed by atoms with Crippen molar-refractivity contribution in [3.8, 4) is 0 Å². The maximum Gasteiger partial charge on any atom is 0.410 e. The van der Waals surface area contributed by atoms with Crippen molar-refractivity contribution in [1.29, 1.82) is 0 Å². The van der Waals surface area contributed by atoms with Crippen LogP contribution in [0.3, 0.4) is 0 Å². The van der Waals surface area contributed by atoms with Crippen molar-refractivity contribution >= 4 is 6.09 Å². The summed E-state index contributed by atoms with van der Waals surface area (Å²) in [7, 11) is 0. The Morgan fingerprint density at radius 3 is 2.76 bits per heavy atom. The highest BCUT2D eigenvalue weighted by Crippen LogP contribution is 2.21. The van der Waals surface area contributed by atoms with Gasteiger partial charge >= 0.3 is 6.09 Å². The van der Waals surface area contributed by atoms with E-state index in [1.165, 1.54) is 0 Å². The molecule has 1 unspecified atom stereocenters. The minimum absolute atomic E-state index is 0.0619. The summed E-state index contributed by atoms with van der Waals surface area (Å²) in [5, 5.41) is 3.43. The molecule has 0 aromatic carbocycles. The molecule has 1 amide bonds. The minimum atomic E-state index is -0.463. The number of piperazine rings is 1. The molecule has 1 aromatic rings. The van der Waals surface area contributed by atoms with Gasteiger partial charge in [0.25, 0.3) is 0 Å². The molecule has 5 heteroatoms. The van der Waals surface area contributed by atoms with Gasteiger partial charge in [-0.15, -0.1) is 0 Å². The molecule has 116 valence electrons. The van der Waals surface area contributed by atoms with Gasteiger partial charge in [0.2, 0.25) is 0 Å². The van der Waals surface area contributed by atoms with Gasteiger partial charge < -0.3 is 15.0 Å². The lowest BCUT2D eigenvalue weighted by Crippen LogP contribution is -2.50. The first-order valence-corrected chi connectivity index (χ1v) is 7.41. The SMILES string of the molecule is Cc1cnc(C2CN(C(=O)OC(C)(C)C)CCN2)c(C)c1. The van der Waals surface area contributed by atoms with E-state index in [4.69, 9.17) is 4.74 Å². The average Bonchev–Trinajstić information content (AvgIpc) is 2.37. The van der Waals surface area contributed by atoms with Crippen molar-refractivity contribution in [2.45, 2.75) is 46.3 Å². The summed E-state index contributed by atoms with van der Waals surface area (Å²) in [6.45, 7) is 11.7. The number of amides is 1. The topological polar surface area (TPSA) is 54.5 Å². The number of aryl methyl sites for hydroxylation is 2. The van der Waals surface area contributed by atoms with Gasteiger partial charge in [-0.2, -0.15) is 0 Å². The molecule has 1 aliphatic heterocycles. The molecule has 5 nitrogen and oxygen atoms in total. The Hall–Kier alpha value is -1.62. The third-order valence-electron chi connectivity index (χ3n) is 3.41. The predicted octanol–water partition coefficient (Wildman–Crippen LogP) is 2.58. The van der Waals surface area contributed by atoms with Crippen LogP contribution in [-0.2, 0) is 4.74 Å². The molecule has 1 aromatic heterocycles. The number of pyridine rings is 1. The summed E-state index contributed by atoms with van der Waals surface area (Å²) in [5.74, 6) is 0. The van der Waals surface area contributed by atoms with Crippen LogP contribution in [0.1, 0.15) is 43.6 Å². The van der Waals surface area contributed by atoms with Gasteiger partial charge in [0, 0.05) is 25.8 Å². The van der Waals surface area contributed by atoms with E-state index in [9.17, 15) is 4.79 Å². The summed E-state index contributed by atoms with van der Waals surface area (Å²) in [5.41, 5.74) is 2.85. The maximum absolute atomic E-state index is 12.2. The third kappa shape index (κ3) is 4.17. The van der Waals surface area contributed by atoms with Crippen molar-refractivity contribution in [3.05, 3.63) is 29.1 Å². The number of hydrogen-bond donors (Lipinski definition) is 1. The molecular formula is C16H25N3O2. The molecule has 0 bridgehead atoms. The van der Waals surface area contributed by atoms with Crippen molar-refractivity contribution in [2.24, 2.45) is 0 Å². The molecule has 1 aliphatic rings. The molecule has 1 atom stereocenters. The van der Waals surface area contributed by atoms with Crippen LogP contribution in [0.5, 0.6) is 0 Å². The zero-order valence-electron chi connectivity index (χ0n) is 13.6. The van der Waals surface area contributed by atoms with Gasteiger partial charge in [-0.25, -0.2) is 4.79 Å². The second kappa shape index (κ2) is 6.02. The normalized spacial score (nSPS) is 19.5. The fourth-order valence-electron chi connectivity index (χ4n) is 2.52. The van der Waals surface area contributed by atoms with E-state index < -0.39 is 5.60 Å². The van der Waals surface area contributed by atoms with E-state index in [0.29, 0.717) is 13.1 Å². The van der Waals surface area contributed by atoms with Crippen LogP contribution in [0, 0.1) is 13.8 Å².